The summed E-state index contributed by atoms with van der Waals surface area (Å²) >= 11 is 5.88. The first-order valence-electron chi connectivity index (χ1n) is 6.80. The van der Waals surface area contributed by atoms with Gasteiger partial charge in [-0.25, -0.2) is 0 Å². The van der Waals surface area contributed by atoms with Crippen LogP contribution in [0.15, 0.2) is 36.4 Å². The molecule has 0 aromatic heterocycles. The maximum absolute atomic E-state index is 9.53. The minimum absolute atomic E-state index is 0.449. The SMILES string of the molecule is COc1cc(OC)c(C(C#N)=Cc2ccc(Cl)cc2)cc1OC. The van der Waals surface area contributed by atoms with E-state index in [1.54, 1.807) is 51.7 Å². The molecule has 0 fully saturated rings. The Kier molecular flexibility index (Phi) is 5.51. The molecule has 0 radical (unpaired) electrons. The van der Waals surface area contributed by atoms with E-state index in [0.717, 1.165) is 5.56 Å². The summed E-state index contributed by atoms with van der Waals surface area (Å²) in [5.41, 5.74) is 1.94. The Morgan fingerprint density at radius 2 is 1.52 bits per heavy atom. The lowest BCUT2D eigenvalue weighted by molar-refractivity contribution is 0.348. The monoisotopic (exact) mass is 329 g/mol. The average Bonchev–Trinajstić information content (AvgIpc) is 2.60. The molecule has 0 N–H and O–H groups in total. The lowest BCUT2D eigenvalue weighted by atomic mass is 10.0. The van der Waals surface area contributed by atoms with Gasteiger partial charge in [0, 0.05) is 16.7 Å². The van der Waals surface area contributed by atoms with Gasteiger partial charge in [0.05, 0.1) is 33.0 Å². The van der Waals surface area contributed by atoms with Crippen LogP contribution in [0.3, 0.4) is 0 Å². The van der Waals surface area contributed by atoms with Crippen LogP contribution in [0.5, 0.6) is 17.2 Å². The second kappa shape index (κ2) is 7.57. The Balaban J connectivity index is 2.56. The van der Waals surface area contributed by atoms with E-state index in [1.807, 2.05) is 12.1 Å². The van der Waals surface area contributed by atoms with Gasteiger partial charge in [-0.05, 0) is 29.8 Å². The van der Waals surface area contributed by atoms with Gasteiger partial charge in [-0.3, -0.25) is 0 Å². The fourth-order valence-electron chi connectivity index (χ4n) is 2.14. The van der Waals surface area contributed by atoms with Crippen molar-refractivity contribution in [3.8, 4) is 23.3 Å². The largest absolute Gasteiger partial charge is 0.496 e. The molecule has 0 heterocycles. The van der Waals surface area contributed by atoms with Gasteiger partial charge < -0.3 is 14.2 Å². The predicted octanol–water partition coefficient (Wildman–Crippen LogP) is 4.43. The summed E-state index contributed by atoms with van der Waals surface area (Å²) in [6.07, 6.45) is 1.76. The fourth-order valence-corrected chi connectivity index (χ4v) is 2.26. The molecule has 2 aromatic rings. The molecule has 2 aromatic carbocycles. The Hall–Kier alpha value is -2.64. The van der Waals surface area contributed by atoms with E-state index in [9.17, 15) is 5.26 Å². The molecule has 0 saturated heterocycles. The smallest absolute Gasteiger partial charge is 0.164 e. The summed E-state index contributed by atoms with van der Waals surface area (Å²) in [6.45, 7) is 0. The van der Waals surface area contributed by atoms with Gasteiger partial charge in [0.1, 0.15) is 5.75 Å². The molecule has 0 aliphatic carbocycles. The molecule has 0 saturated carbocycles. The van der Waals surface area contributed by atoms with Gasteiger partial charge in [-0.15, -0.1) is 0 Å². The molecule has 0 aliphatic rings. The van der Waals surface area contributed by atoms with E-state index in [0.29, 0.717) is 33.4 Å². The van der Waals surface area contributed by atoms with Crippen LogP contribution in [0.2, 0.25) is 5.02 Å². The zero-order valence-electron chi connectivity index (χ0n) is 13.1. The van der Waals surface area contributed by atoms with E-state index in [4.69, 9.17) is 25.8 Å². The van der Waals surface area contributed by atoms with E-state index in [-0.39, 0.29) is 0 Å². The molecule has 0 aliphatic heterocycles. The van der Waals surface area contributed by atoms with Crippen molar-refractivity contribution >= 4 is 23.3 Å². The Bertz CT molecular complexity index is 761. The second-order valence-electron chi connectivity index (χ2n) is 4.63. The summed E-state index contributed by atoms with van der Waals surface area (Å²) in [7, 11) is 4.64. The number of hydrogen-bond acceptors (Lipinski definition) is 4. The number of nitrogens with zero attached hydrogens (tertiary/aromatic N) is 1. The predicted molar refractivity (Wildman–Crippen MR) is 91.0 cm³/mol. The van der Waals surface area contributed by atoms with Gasteiger partial charge >= 0.3 is 0 Å². The number of ether oxygens (including phenoxy) is 3. The quantitative estimate of drug-likeness (QED) is 0.601. The summed E-state index contributed by atoms with van der Waals surface area (Å²) in [5.74, 6) is 1.60. The molecule has 0 amide bonds. The van der Waals surface area contributed by atoms with E-state index in [1.165, 1.54) is 0 Å². The number of benzene rings is 2. The number of rotatable bonds is 5. The van der Waals surface area contributed by atoms with Crippen LogP contribution >= 0.6 is 11.6 Å². The minimum atomic E-state index is 0.449. The number of nitriles is 1. The van der Waals surface area contributed by atoms with Crippen molar-refractivity contribution < 1.29 is 14.2 Å². The first kappa shape index (κ1) is 16.7. The lowest BCUT2D eigenvalue weighted by Crippen LogP contribution is -1.96. The normalized spacial score (nSPS) is 10.8. The summed E-state index contributed by atoms with van der Waals surface area (Å²) in [6, 6.07) is 12.8. The van der Waals surface area contributed by atoms with Crippen LogP contribution in [-0.4, -0.2) is 21.3 Å². The highest BCUT2D eigenvalue weighted by atomic mass is 35.5. The van der Waals surface area contributed by atoms with Crippen molar-refractivity contribution in [2.45, 2.75) is 0 Å². The fraction of sp³-hybridized carbons (Fsp3) is 0.167. The Morgan fingerprint density at radius 1 is 0.957 bits per heavy atom. The van der Waals surface area contributed by atoms with Crippen molar-refractivity contribution in [1.29, 1.82) is 5.26 Å². The van der Waals surface area contributed by atoms with Crippen molar-refractivity contribution in [2.24, 2.45) is 0 Å². The van der Waals surface area contributed by atoms with Gasteiger partial charge in [-0.2, -0.15) is 5.26 Å². The van der Waals surface area contributed by atoms with Crippen LogP contribution in [0.4, 0.5) is 0 Å². The van der Waals surface area contributed by atoms with Crippen LogP contribution in [-0.2, 0) is 0 Å². The zero-order valence-corrected chi connectivity index (χ0v) is 13.8. The summed E-state index contributed by atoms with van der Waals surface area (Å²) < 4.78 is 15.9. The van der Waals surface area contributed by atoms with Crippen LogP contribution < -0.4 is 14.2 Å². The molecule has 0 unspecified atom stereocenters. The van der Waals surface area contributed by atoms with E-state index >= 15 is 0 Å². The van der Waals surface area contributed by atoms with Crippen LogP contribution in [0.1, 0.15) is 11.1 Å². The first-order valence-corrected chi connectivity index (χ1v) is 7.18. The lowest BCUT2D eigenvalue weighted by Gasteiger charge is -2.13. The van der Waals surface area contributed by atoms with Crippen molar-refractivity contribution in [1.82, 2.24) is 0 Å². The molecular formula is C18H16ClNO3. The number of halogens is 1. The third-order valence-corrected chi connectivity index (χ3v) is 3.55. The van der Waals surface area contributed by atoms with E-state index < -0.39 is 0 Å². The summed E-state index contributed by atoms with van der Waals surface area (Å²) in [5, 5.41) is 10.2. The number of allylic oxidation sites excluding steroid dienone is 1. The molecule has 0 atom stereocenters. The molecular weight excluding hydrogens is 314 g/mol. The van der Waals surface area contributed by atoms with Gasteiger partial charge in [0.15, 0.2) is 11.5 Å². The van der Waals surface area contributed by atoms with Crippen molar-refractivity contribution in [3.05, 3.63) is 52.5 Å². The maximum Gasteiger partial charge on any atom is 0.164 e. The van der Waals surface area contributed by atoms with Gasteiger partial charge in [0.25, 0.3) is 0 Å². The average molecular weight is 330 g/mol. The second-order valence-corrected chi connectivity index (χ2v) is 5.07. The highest BCUT2D eigenvalue weighted by Gasteiger charge is 2.15. The number of hydrogen-bond donors (Lipinski definition) is 0. The zero-order chi connectivity index (χ0) is 16.8. The third-order valence-electron chi connectivity index (χ3n) is 3.30. The first-order chi connectivity index (χ1) is 11.1. The summed E-state index contributed by atoms with van der Waals surface area (Å²) in [4.78, 5) is 0. The molecule has 0 bridgehead atoms. The topological polar surface area (TPSA) is 51.5 Å². The van der Waals surface area contributed by atoms with Crippen LogP contribution in [0, 0.1) is 11.3 Å². The van der Waals surface area contributed by atoms with E-state index in [2.05, 4.69) is 6.07 Å². The Morgan fingerprint density at radius 3 is 2.04 bits per heavy atom. The maximum atomic E-state index is 9.53. The number of methoxy groups -OCH3 is 3. The minimum Gasteiger partial charge on any atom is -0.496 e. The van der Waals surface area contributed by atoms with Gasteiger partial charge in [0.2, 0.25) is 0 Å². The third kappa shape index (κ3) is 3.77. The molecule has 118 valence electrons. The molecule has 5 heteroatoms. The molecule has 23 heavy (non-hydrogen) atoms. The molecule has 2 rings (SSSR count). The van der Waals surface area contributed by atoms with Gasteiger partial charge in [-0.1, -0.05) is 23.7 Å². The van der Waals surface area contributed by atoms with Crippen molar-refractivity contribution in [3.63, 3.8) is 0 Å². The highest BCUT2D eigenvalue weighted by Crippen LogP contribution is 2.38. The van der Waals surface area contributed by atoms with Crippen LogP contribution in [0.25, 0.3) is 11.6 Å². The standard InChI is InChI=1S/C18H16ClNO3/c1-21-16-10-18(23-3)17(22-2)9-15(16)13(11-20)8-12-4-6-14(19)7-5-12/h4-10H,1-3H3. The Labute approximate surface area is 140 Å². The molecule has 4 nitrogen and oxygen atoms in total. The highest BCUT2D eigenvalue weighted by molar-refractivity contribution is 6.30. The molecule has 0 spiro atoms. The van der Waals surface area contributed by atoms with Crippen molar-refractivity contribution in [2.75, 3.05) is 21.3 Å².